The Morgan fingerprint density at radius 2 is 1.94 bits per heavy atom. The standard InChI is InChI=1S/C12H16N2O3S/c15-11-10-7-1-2-8(5-7)13(10)12(16)14(11)9-3-4-18(17)6-9/h7-10H,1-6H2/t7-,8+,9?,10-,18?/m0/s1. The molecule has 1 aliphatic carbocycles. The minimum absolute atomic E-state index is 0.0175. The maximum absolute atomic E-state index is 12.4. The van der Waals surface area contributed by atoms with Crippen molar-refractivity contribution in [3.8, 4) is 0 Å². The molecule has 0 N–H and O–H groups in total. The van der Waals surface area contributed by atoms with Crippen molar-refractivity contribution in [2.45, 2.75) is 43.8 Å². The van der Waals surface area contributed by atoms with E-state index in [1.165, 1.54) is 4.90 Å². The van der Waals surface area contributed by atoms with Gasteiger partial charge in [-0.05, 0) is 31.6 Å². The third kappa shape index (κ3) is 1.24. The zero-order valence-corrected chi connectivity index (χ0v) is 10.9. The predicted octanol–water partition coefficient (Wildman–Crippen LogP) is 0.323. The summed E-state index contributed by atoms with van der Waals surface area (Å²) in [6, 6.07) is -0.129. The van der Waals surface area contributed by atoms with Crippen molar-refractivity contribution < 1.29 is 13.8 Å². The van der Waals surface area contributed by atoms with Gasteiger partial charge in [-0.15, -0.1) is 0 Å². The predicted molar refractivity (Wildman–Crippen MR) is 65.3 cm³/mol. The molecule has 4 aliphatic rings. The number of hydrogen-bond donors (Lipinski definition) is 0. The number of amides is 3. The smallest absolute Gasteiger partial charge is 0.309 e. The summed E-state index contributed by atoms with van der Waals surface area (Å²) in [5.41, 5.74) is 0. The molecule has 1 saturated carbocycles. The van der Waals surface area contributed by atoms with Crippen molar-refractivity contribution >= 4 is 22.7 Å². The summed E-state index contributed by atoms with van der Waals surface area (Å²) >= 11 is 0. The second kappa shape index (κ2) is 3.56. The third-order valence-electron chi connectivity index (χ3n) is 4.92. The zero-order valence-electron chi connectivity index (χ0n) is 10.1. The van der Waals surface area contributed by atoms with Gasteiger partial charge in [-0.2, -0.15) is 0 Å². The van der Waals surface area contributed by atoms with Crippen molar-refractivity contribution in [1.82, 2.24) is 9.80 Å². The summed E-state index contributed by atoms with van der Waals surface area (Å²) in [6.45, 7) is 0. The van der Waals surface area contributed by atoms with Gasteiger partial charge < -0.3 is 4.90 Å². The van der Waals surface area contributed by atoms with E-state index >= 15 is 0 Å². The lowest BCUT2D eigenvalue weighted by Crippen LogP contribution is -2.43. The summed E-state index contributed by atoms with van der Waals surface area (Å²) in [5, 5.41) is 0. The number of hydrogen-bond acceptors (Lipinski definition) is 3. The molecule has 4 rings (SSSR count). The number of fused-ring (bicyclic) bond motifs is 5. The molecule has 3 heterocycles. The van der Waals surface area contributed by atoms with Crippen molar-refractivity contribution in [2.75, 3.05) is 11.5 Å². The van der Waals surface area contributed by atoms with Crippen LogP contribution < -0.4 is 0 Å². The van der Waals surface area contributed by atoms with Crippen molar-refractivity contribution in [3.63, 3.8) is 0 Å². The Morgan fingerprint density at radius 1 is 1.11 bits per heavy atom. The Morgan fingerprint density at radius 3 is 2.61 bits per heavy atom. The highest BCUT2D eigenvalue weighted by Crippen LogP contribution is 2.47. The molecule has 0 aromatic carbocycles. The van der Waals surface area contributed by atoms with Crippen LogP contribution in [0.15, 0.2) is 0 Å². The Kier molecular flexibility index (Phi) is 2.17. The maximum Gasteiger partial charge on any atom is 0.328 e. The van der Waals surface area contributed by atoms with Crippen LogP contribution in [0.5, 0.6) is 0 Å². The van der Waals surface area contributed by atoms with E-state index in [1.807, 2.05) is 4.90 Å². The molecule has 3 aliphatic heterocycles. The molecule has 6 heteroatoms. The fourth-order valence-corrected chi connectivity index (χ4v) is 5.58. The molecule has 2 unspecified atom stereocenters. The van der Waals surface area contributed by atoms with Crippen LogP contribution >= 0.6 is 0 Å². The van der Waals surface area contributed by atoms with Crippen LogP contribution in [0.4, 0.5) is 4.79 Å². The largest absolute Gasteiger partial charge is 0.328 e. The van der Waals surface area contributed by atoms with E-state index in [0.29, 0.717) is 23.8 Å². The topological polar surface area (TPSA) is 57.7 Å². The number of carbonyl (C=O) groups excluding carboxylic acids is 2. The molecule has 18 heavy (non-hydrogen) atoms. The number of urea groups is 1. The second-order valence-corrected chi connectivity index (χ2v) is 7.44. The molecule has 3 saturated heterocycles. The van der Waals surface area contributed by atoms with Crippen LogP contribution in [-0.4, -0.2) is 55.6 Å². The molecule has 5 atom stereocenters. The highest BCUT2D eigenvalue weighted by atomic mass is 32.2. The quantitative estimate of drug-likeness (QED) is 0.644. The van der Waals surface area contributed by atoms with Crippen LogP contribution in [0, 0.1) is 5.92 Å². The van der Waals surface area contributed by atoms with Gasteiger partial charge in [-0.25, -0.2) is 4.79 Å². The first-order valence-electron chi connectivity index (χ1n) is 6.67. The van der Waals surface area contributed by atoms with Gasteiger partial charge in [0.15, 0.2) is 0 Å². The highest BCUT2D eigenvalue weighted by Gasteiger charge is 2.60. The number of piperidine rings is 1. The average molecular weight is 268 g/mol. The summed E-state index contributed by atoms with van der Waals surface area (Å²) in [4.78, 5) is 28.1. The van der Waals surface area contributed by atoms with Crippen molar-refractivity contribution in [2.24, 2.45) is 5.92 Å². The van der Waals surface area contributed by atoms with Crippen LogP contribution in [-0.2, 0) is 15.6 Å². The monoisotopic (exact) mass is 268 g/mol. The second-order valence-electron chi connectivity index (χ2n) is 5.82. The maximum atomic E-state index is 12.4. The van der Waals surface area contributed by atoms with Gasteiger partial charge in [0.05, 0.1) is 6.04 Å². The van der Waals surface area contributed by atoms with E-state index in [2.05, 4.69) is 0 Å². The molecule has 98 valence electrons. The summed E-state index contributed by atoms with van der Waals surface area (Å²) < 4.78 is 11.5. The lowest BCUT2D eigenvalue weighted by Gasteiger charge is -2.26. The Labute approximate surface area is 108 Å². The van der Waals surface area contributed by atoms with Crippen molar-refractivity contribution in [3.05, 3.63) is 0 Å². The molecule has 3 amide bonds. The SMILES string of the molecule is O=C1[C@@H]2[C@H]3CC[C@H](C3)N2C(=O)N1C1CCS(=O)C1. The van der Waals surface area contributed by atoms with E-state index in [1.54, 1.807) is 0 Å². The molecule has 5 nitrogen and oxygen atoms in total. The average Bonchev–Trinajstić information content (AvgIpc) is 3.05. The first-order valence-corrected chi connectivity index (χ1v) is 8.16. The fourth-order valence-electron chi connectivity index (χ4n) is 4.13. The Bertz CT molecular complexity index is 438. The normalized spacial score (nSPS) is 46.3. The molecular weight excluding hydrogens is 252 g/mol. The van der Waals surface area contributed by atoms with Crippen LogP contribution in [0.1, 0.15) is 25.7 Å². The zero-order chi connectivity index (χ0) is 12.4. The van der Waals surface area contributed by atoms with Gasteiger partial charge in [-0.1, -0.05) is 0 Å². The fraction of sp³-hybridized carbons (Fsp3) is 0.833. The lowest BCUT2D eigenvalue weighted by atomic mass is 9.99. The molecule has 0 aromatic heterocycles. The van der Waals surface area contributed by atoms with E-state index in [-0.39, 0.29) is 30.1 Å². The number of imide groups is 1. The van der Waals surface area contributed by atoms with Gasteiger partial charge in [0.25, 0.3) is 5.91 Å². The minimum Gasteiger partial charge on any atom is -0.309 e. The first-order chi connectivity index (χ1) is 8.66. The van der Waals surface area contributed by atoms with Crippen LogP contribution in [0.2, 0.25) is 0 Å². The van der Waals surface area contributed by atoms with Crippen LogP contribution in [0.3, 0.4) is 0 Å². The molecule has 0 spiro atoms. The molecule has 0 aromatic rings. The first kappa shape index (κ1) is 11.0. The number of nitrogens with zero attached hydrogens (tertiary/aromatic N) is 2. The van der Waals surface area contributed by atoms with Gasteiger partial charge >= 0.3 is 6.03 Å². The lowest BCUT2D eigenvalue weighted by molar-refractivity contribution is -0.130. The van der Waals surface area contributed by atoms with Crippen LogP contribution in [0.25, 0.3) is 0 Å². The molecular formula is C12H16N2O3S. The van der Waals surface area contributed by atoms with E-state index < -0.39 is 10.8 Å². The number of rotatable bonds is 1. The van der Waals surface area contributed by atoms with Gasteiger partial charge in [0.2, 0.25) is 0 Å². The Hall–Kier alpha value is -0.910. The van der Waals surface area contributed by atoms with E-state index in [0.717, 1.165) is 19.3 Å². The van der Waals surface area contributed by atoms with Gasteiger partial charge in [0.1, 0.15) is 6.04 Å². The van der Waals surface area contributed by atoms with E-state index in [9.17, 15) is 13.8 Å². The van der Waals surface area contributed by atoms with Gasteiger partial charge in [0, 0.05) is 28.3 Å². The highest BCUT2D eigenvalue weighted by molar-refractivity contribution is 7.85. The summed E-state index contributed by atoms with van der Waals surface area (Å²) in [6.07, 6.45) is 3.84. The molecule has 0 radical (unpaired) electrons. The minimum atomic E-state index is -0.852. The number of carbonyl (C=O) groups is 2. The molecule has 2 bridgehead atoms. The van der Waals surface area contributed by atoms with E-state index in [4.69, 9.17) is 0 Å². The Balaban J connectivity index is 1.65. The third-order valence-corrected chi connectivity index (χ3v) is 6.37. The molecule has 4 fully saturated rings. The summed E-state index contributed by atoms with van der Waals surface area (Å²) in [7, 11) is -0.852. The van der Waals surface area contributed by atoms with Crippen molar-refractivity contribution in [1.29, 1.82) is 0 Å². The van der Waals surface area contributed by atoms with Gasteiger partial charge in [-0.3, -0.25) is 13.9 Å². The summed E-state index contributed by atoms with van der Waals surface area (Å²) in [5.74, 6) is 1.46.